The molecule has 16 heavy (non-hydrogen) atoms. The van der Waals surface area contributed by atoms with Crippen LogP contribution < -0.4 is 5.73 Å². The highest BCUT2D eigenvalue weighted by atomic mass is 35.5. The molecule has 0 saturated heterocycles. The van der Waals surface area contributed by atoms with E-state index in [0.717, 1.165) is 11.6 Å². The van der Waals surface area contributed by atoms with Crippen LogP contribution in [-0.4, -0.2) is 0 Å². The summed E-state index contributed by atoms with van der Waals surface area (Å²) in [5.41, 5.74) is 7.01. The van der Waals surface area contributed by atoms with Crippen molar-refractivity contribution in [2.45, 2.75) is 6.04 Å². The van der Waals surface area contributed by atoms with Crippen molar-refractivity contribution in [2.75, 3.05) is 0 Å². The summed E-state index contributed by atoms with van der Waals surface area (Å²) in [6.07, 6.45) is 0. The van der Waals surface area contributed by atoms with Crippen LogP contribution in [0.2, 0.25) is 0 Å². The molecule has 1 atom stereocenters. The zero-order valence-corrected chi connectivity index (χ0v) is 9.82. The van der Waals surface area contributed by atoms with Gasteiger partial charge in [-0.25, -0.2) is 8.78 Å². The maximum absolute atomic E-state index is 13.4. The predicted octanol–water partition coefficient (Wildman–Crippen LogP) is 3.50. The Morgan fingerprint density at radius 1 is 1.19 bits per heavy atom. The van der Waals surface area contributed by atoms with Crippen LogP contribution in [0.3, 0.4) is 0 Å². The van der Waals surface area contributed by atoms with E-state index in [4.69, 9.17) is 5.73 Å². The third kappa shape index (κ3) is 2.58. The van der Waals surface area contributed by atoms with Crippen LogP contribution in [0, 0.1) is 11.6 Å². The van der Waals surface area contributed by atoms with Gasteiger partial charge >= 0.3 is 0 Å². The molecule has 1 heterocycles. The molecule has 5 heteroatoms. The van der Waals surface area contributed by atoms with Crippen molar-refractivity contribution in [1.82, 2.24) is 0 Å². The first-order chi connectivity index (χ1) is 7.18. The highest BCUT2D eigenvalue weighted by molar-refractivity contribution is 7.08. The Balaban J connectivity index is 0.00000128. The summed E-state index contributed by atoms with van der Waals surface area (Å²) in [5.74, 6) is -1.19. The van der Waals surface area contributed by atoms with Crippen LogP contribution in [0.25, 0.3) is 0 Å². The van der Waals surface area contributed by atoms with E-state index in [0.29, 0.717) is 5.56 Å². The lowest BCUT2D eigenvalue weighted by Gasteiger charge is -2.11. The van der Waals surface area contributed by atoms with E-state index < -0.39 is 17.7 Å². The quantitative estimate of drug-likeness (QED) is 0.880. The maximum atomic E-state index is 13.4. The lowest BCUT2D eigenvalue weighted by molar-refractivity contribution is 0.566. The fraction of sp³-hybridized carbons (Fsp3) is 0.0909. The minimum absolute atomic E-state index is 0. The molecule has 2 aromatic rings. The normalized spacial score (nSPS) is 11.9. The first-order valence-electron chi connectivity index (χ1n) is 4.41. The Morgan fingerprint density at radius 2 is 1.94 bits per heavy atom. The van der Waals surface area contributed by atoms with Crippen molar-refractivity contribution in [3.05, 3.63) is 57.8 Å². The molecule has 2 rings (SSSR count). The van der Waals surface area contributed by atoms with Crippen LogP contribution in [0.4, 0.5) is 8.78 Å². The van der Waals surface area contributed by atoms with Crippen molar-refractivity contribution in [1.29, 1.82) is 0 Å². The van der Waals surface area contributed by atoms with Gasteiger partial charge in [0.25, 0.3) is 0 Å². The van der Waals surface area contributed by atoms with Gasteiger partial charge < -0.3 is 5.73 Å². The van der Waals surface area contributed by atoms with Gasteiger partial charge in [0.1, 0.15) is 11.6 Å². The topological polar surface area (TPSA) is 26.0 Å². The number of halogens is 3. The molecule has 1 nitrogen and oxygen atoms in total. The third-order valence-electron chi connectivity index (χ3n) is 2.20. The first kappa shape index (κ1) is 13.1. The minimum atomic E-state index is -0.603. The van der Waals surface area contributed by atoms with E-state index in [2.05, 4.69) is 0 Å². The molecule has 0 unspecified atom stereocenters. The number of nitrogens with two attached hydrogens (primary N) is 1. The fourth-order valence-electron chi connectivity index (χ4n) is 1.39. The maximum Gasteiger partial charge on any atom is 0.131 e. The van der Waals surface area contributed by atoms with Crippen molar-refractivity contribution >= 4 is 23.7 Å². The van der Waals surface area contributed by atoms with Crippen LogP contribution in [0.5, 0.6) is 0 Å². The number of benzene rings is 1. The van der Waals surface area contributed by atoms with Gasteiger partial charge in [-0.05, 0) is 28.5 Å². The Bertz CT molecular complexity index is 459. The lowest BCUT2D eigenvalue weighted by atomic mass is 10.0. The predicted molar refractivity (Wildman–Crippen MR) is 64.0 cm³/mol. The lowest BCUT2D eigenvalue weighted by Crippen LogP contribution is -2.12. The second-order valence-corrected chi connectivity index (χ2v) is 3.98. The second-order valence-electron chi connectivity index (χ2n) is 3.20. The summed E-state index contributed by atoms with van der Waals surface area (Å²) < 4.78 is 26.1. The standard InChI is InChI=1S/C11H9F2NS.ClH/c12-8-1-2-9(10(13)5-8)11(14)7-3-4-15-6-7;/h1-6,11H,14H2;1H/t11-;/m0./s1. The second kappa shape index (κ2) is 5.39. The van der Waals surface area contributed by atoms with Gasteiger partial charge in [-0.3, -0.25) is 0 Å². The van der Waals surface area contributed by atoms with Gasteiger partial charge in [0.2, 0.25) is 0 Å². The molecule has 86 valence electrons. The molecule has 2 N–H and O–H groups in total. The summed E-state index contributed by atoms with van der Waals surface area (Å²) in [7, 11) is 0. The van der Waals surface area contributed by atoms with Crippen molar-refractivity contribution in [3.8, 4) is 0 Å². The fourth-order valence-corrected chi connectivity index (χ4v) is 2.08. The molecule has 1 aromatic heterocycles. The van der Waals surface area contributed by atoms with Gasteiger partial charge in [-0.15, -0.1) is 12.4 Å². The monoisotopic (exact) mass is 261 g/mol. The average Bonchev–Trinajstić information content (AvgIpc) is 2.69. The number of rotatable bonds is 2. The SMILES string of the molecule is Cl.N[C@@H](c1ccsc1)c1ccc(F)cc1F. The van der Waals surface area contributed by atoms with Crippen LogP contribution in [0.15, 0.2) is 35.0 Å². The van der Waals surface area contributed by atoms with E-state index in [-0.39, 0.29) is 12.4 Å². The Hall–Kier alpha value is -0.970. The molecule has 0 radical (unpaired) electrons. The van der Waals surface area contributed by atoms with E-state index in [1.807, 2.05) is 16.8 Å². The van der Waals surface area contributed by atoms with Gasteiger partial charge in [0, 0.05) is 11.6 Å². The molecule has 0 amide bonds. The Kier molecular flexibility index (Phi) is 4.41. The van der Waals surface area contributed by atoms with E-state index in [1.54, 1.807) is 0 Å². The highest BCUT2D eigenvalue weighted by Gasteiger charge is 2.14. The van der Waals surface area contributed by atoms with Crippen LogP contribution in [-0.2, 0) is 0 Å². The molecular weight excluding hydrogens is 252 g/mol. The Labute approximate surface area is 102 Å². The zero-order chi connectivity index (χ0) is 10.8. The summed E-state index contributed by atoms with van der Waals surface area (Å²) >= 11 is 1.50. The third-order valence-corrected chi connectivity index (χ3v) is 2.90. The molecule has 0 fully saturated rings. The summed E-state index contributed by atoms with van der Waals surface area (Å²) in [4.78, 5) is 0. The Morgan fingerprint density at radius 3 is 2.50 bits per heavy atom. The molecular formula is C11H10ClF2NS. The van der Waals surface area contributed by atoms with Crippen molar-refractivity contribution in [3.63, 3.8) is 0 Å². The highest BCUT2D eigenvalue weighted by Crippen LogP contribution is 2.24. The molecule has 0 bridgehead atoms. The van der Waals surface area contributed by atoms with E-state index in [1.165, 1.54) is 23.5 Å². The van der Waals surface area contributed by atoms with Gasteiger partial charge in [0.05, 0.1) is 6.04 Å². The van der Waals surface area contributed by atoms with Crippen LogP contribution >= 0.6 is 23.7 Å². The van der Waals surface area contributed by atoms with Crippen LogP contribution in [0.1, 0.15) is 17.2 Å². The molecule has 0 aliphatic rings. The summed E-state index contributed by atoms with van der Waals surface area (Å²) in [6, 6.07) is 4.74. The smallest absolute Gasteiger partial charge is 0.131 e. The number of hydrogen-bond donors (Lipinski definition) is 1. The van der Waals surface area contributed by atoms with Crippen molar-refractivity contribution < 1.29 is 8.78 Å². The average molecular weight is 262 g/mol. The summed E-state index contributed by atoms with van der Waals surface area (Å²) in [5, 5.41) is 3.73. The molecule has 0 spiro atoms. The largest absolute Gasteiger partial charge is 0.320 e. The molecule has 1 aromatic carbocycles. The first-order valence-corrected chi connectivity index (χ1v) is 5.35. The number of thiophene rings is 1. The van der Waals surface area contributed by atoms with Gasteiger partial charge in [0.15, 0.2) is 0 Å². The number of hydrogen-bond acceptors (Lipinski definition) is 2. The van der Waals surface area contributed by atoms with Gasteiger partial charge in [-0.2, -0.15) is 11.3 Å². The zero-order valence-electron chi connectivity index (χ0n) is 8.19. The van der Waals surface area contributed by atoms with Crippen molar-refractivity contribution in [2.24, 2.45) is 5.73 Å². The molecule has 0 saturated carbocycles. The molecule has 0 aliphatic heterocycles. The summed E-state index contributed by atoms with van der Waals surface area (Å²) in [6.45, 7) is 0. The van der Waals surface area contributed by atoms with Gasteiger partial charge in [-0.1, -0.05) is 6.07 Å². The van der Waals surface area contributed by atoms with E-state index in [9.17, 15) is 8.78 Å². The minimum Gasteiger partial charge on any atom is -0.320 e. The van der Waals surface area contributed by atoms with E-state index >= 15 is 0 Å². The molecule has 0 aliphatic carbocycles.